The van der Waals surface area contributed by atoms with Crippen LogP contribution in [0.25, 0.3) is 0 Å². The first-order valence-electron chi connectivity index (χ1n) is 21.6. The molecule has 6 bridgehead atoms. The molecule has 4 saturated heterocycles. The van der Waals surface area contributed by atoms with Crippen LogP contribution in [-0.2, 0) is 49.3 Å². The van der Waals surface area contributed by atoms with E-state index in [1.165, 1.54) is 33.4 Å². The molecule has 67 heavy (non-hydrogen) atoms. The number of methoxy groups -OCH3 is 2. The number of nitrogens with two attached hydrogens (primary N) is 2. The predicted octanol–water partition coefficient (Wildman–Crippen LogP) is -2.44. The molecular weight excluding hydrogens is 884 g/mol. The Morgan fingerprint density at radius 1 is 0.701 bits per heavy atom. The third-order valence-electron chi connectivity index (χ3n) is 12.5. The number of carboxylic acids is 1. The van der Waals surface area contributed by atoms with Gasteiger partial charge in [-0.1, -0.05) is 24.3 Å². The number of hydrogen-bond donors (Lipinski definition) is 5. The number of benzene rings is 2. The van der Waals surface area contributed by atoms with Gasteiger partial charge in [0.1, 0.15) is 27.2 Å². The summed E-state index contributed by atoms with van der Waals surface area (Å²) in [5.74, 6) is -0.828. The van der Waals surface area contributed by atoms with Crippen LogP contribution in [0, 0.1) is 23.7 Å². The van der Waals surface area contributed by atoms with Gasteiger partial charge in [-0.15, -0.1) is 0 Å². The van der Waals surface area contributed by atoms with E-state index in [0.29, 0.717) is 67.4 Å². The SMILES string of the molecule is CC(=O)O.CC(=O)O[B-]OC(C)=O.COCC(=O)N1C[C@@H]2C[C@@H]3C1[C@@H](O)[C@H](C2)N3Cc1cccc(C(N)=O)c1.COCC(=O)N1C[C@@H]2C[C@H]3C[C@@H](C2)[C@H](O)C31.NC(=O)c1cccc(C=O)c1.[Na+]. The van der Waals surface area contributed by atoms with Crippen LogP contribution in [0.15, 0.2) is 48.5 Å². The van der Waals surface area contributed by atoms with Gasteiger partial charge >= 0.3 is 29.6 Å². The van der Waals surface area contributed by atoms with Crippen LogP contribution in [-0.4, -0.2) is 162 Å². The zero-order chi connectivity index (χ0) is 48.8. The molecule has 2 saturated carbocycles. The minimum absolute atomic E-state index is 0. The number of fused-ring (bicyclic) bond motifs is 4. The summed E-state index contributed by atoms with van der Waals surface area (Å²) in [5.41, 5.74) is 12.7. The van der Waals surface area contributed by atoms with Crippen LogP contribution < -0.4 is 41.0 Å². The number of nitrogens with zero attached hydrogens (tertiary/aromatic N) is 3. The number of carbonyl (C=O) groups excluding carboxylic acids is 7. The van der Waals surface area contributed by atoms with Gasteiger partial charge in [-0.2, -0.15) is 0 Å². The van der Waals surface area contributed by atoms with Crippen LogP contribution in [0.4, 0.5) is 0 Å². The third kappa shape index (κ3) is 15.6. The van der Waals surface area contributed by atoms with Gasteiger partial charge in [0.2, 0.25) is 23.6 Å². The topological polar surface area (TPSA) is 296 Å². The van der Waals surface area contributed by atoms with Crippen molar-refractivity contribution >= 4 is 55.5 Å². The third-order valence-corrected chi connectivity index (χ3v) is 12.5. The van der Waals surface area contributed by atoms with Gasteiger partial charge in [0.15, 0.2) is 0 Å². The fourth-order valence-electron chi connectivity index (χ4n) is 10.1. The molecule has 6 fully saturated rings. The summed E-state index contributed by atoms with van der Waals surface area (Å²) in [6.45, 7) is 5.88. The van der Waals surface area contributed by atoms with Crippen molar-refractivity contribution < 1.29 is 102 Å². The Bertz CT molecular complexity index is 2040. The maximum atomic E-state index is 12.5. The Morgan fingerprint density at radius 3 is 1.72 bits per heavy atom. The molecule has 7 N–H and O–H groups in total. The quantitative estimate of drug-likeness (QED) is 0.116. The molecule has 360 valence electrons. The number of piperidine rings is 3. The Balaban J connectivity index is 0.000000249. The molecule has 4 amide bonds. The molecule has 8 rings (SSSR count). The molecule has 22 heteroatoms. The van der Waals surface area contributed by atoms with Gasteiger partial charge in [0, 0.05) is 83.4 Å². The molecule has 0 aromatic heterocycles. The minimum atomic E-state index is -0.833. The molecule has 2 radical (unpaired) electrons. The summed E-state index contributed by atoms with van der Waals surface area (Å²) in [6.07, 6.45) is 5.13. The standard InChI is InChI=1S/C19H25N3O4.C12H19NO3.C8H7NO2.C4H6BO4.C2H4O2.Na/c1-26-10-16(23)22-9-12-6-14-17(22)18(24)15(7-12)21(14)8-11-3-2-4-13(5-11)19(20)25;1-16-6-10(14)13-5-7-2-8-4-9(3-7)12(15)11(8)13;9-8(11)7-3-1-2-6(4-7)5-10;1-3(6)8-5-9-4(2)7;1-2(3)4;/h2-5,12,14-15,17-18,24H,6-10H2,1H3,(H2,20,25);7-9,11-12,15H,2-6H2,1H3;1-5H,(H2,9,11);1-2H3;1H3,(H,3,4);/q;;;-1;;+1/t12-,14-,15+,17?,18+;7-,8+,9-,11?,12+;;;;/m11..../s1. The molecule has 6 aliphatic rings. The van der Waals surface area contributed by atoms with Gasteiger partial charge in [-0.05, 0) is 85.6 Å². The second-order valence-electron chi connectivity index (χ2n) is 17.2. The molecule has 2 unspecified atom stereocenters. The summed E-state index contributed by atoms with van der Waals surface area (Å²) in [6, 6.07) is 13.6. The average Bonchev–Trinajstić information content (AvgIpc) is 3.45. The Labute approximate surface area is 412 Å². The minimum Gasteiger partial charge on any atom is -0.702 e. The van der Waals surface area contributed by atoms with E-state index in [9.17, 15) is 43.8 Å². The smallest absolute Gasteiger partial charge is 0.702 e. The first-order chi connectivity index (χ1) is 31.3. The number of carbonyl (C=O) groups is 8. The van der Waals surface area contributed by atoms with Gasteiger partial charge in [0.05, 0.1) is 24.3 Å². The number of aliphatic hydroxyl groups excluding tert-OH is 2. The summed E-state index contributed by atoms with van der Waals surface area (Å²) >= 11 is 0. The number of rotatable bonds is 11. The number of aldehydes is 1. The average molecular weight is 946 g/mol. The second kappa shape index (κ2) is 26.7. The van der Waals surface area contributed by atoms with E-state index in [4.69, 9.17) is 30.8 Å². The number of likely N-dealkylation sites (tertiary alicyclic amines) is 2. The van der Waals surface area contributed by atoms with Gasteiger partial charge in [-0.25, -0.2) is 0 Å². The Morgan fingerprint density at radius 2 is 1.19 bits per heavy atom. The number of carboxylic acid groups (broad SMARTS) is 1. The van der Waals surface area contributed by atoms with Crippen LogP contribution in [0.1, 0.15) is 89.5 Å². The summed E-state index contributed by atoms with van der Waals surface area (Å²) < 4.78 is 18.2. The largest absolute Gasteiger partial charge is 1.00 e. The fourth-order valence-corrected chi connectivity index (χ4v) is 10.1. The normalized spacial score (nSPS) is 26.5. The number of hydrogen-bond acceptors (Lipinski definition) is 15. The van der Waals surface area contributed by atoms with Crippen molar-refractivity contribution in [2.24, 2.45) is 35.1 Å². The first kappa shape index (κ1) is 56.6. The summed E-state index contributed by atoms with van der Waals surface area (Å²) in [7, 11) is 3.76. The molecule has 4 heterocycles. The van der Waals surface area contributed by atoms with Crippen molar-refractivity contribution in [3.8, 4) is 0 Å². The molecular formula is C45H61BN5NaO15. The van der Waals surface area contributed by atoms with Gasteiger partial charge in [0.25, 0.3) is 17.9 Å². The molecule has 2 aromatic carbocycles. The number of ether oxygens (including phenoxy) is 2. The maximum absolute atomic E-state index is 12.5. The van der Waals surface area contributed by atoms with E-state index in [2.05, 4.69) is 14.2 Å². The van der Waals surface area contributed by atoms with Crippen LogP contribution in [0.5, 0.6) is 0 Å². The molecule has 0 spiro atoms. The van der Waals surface area contributed by atoms with Crippen molar-refractivity contribution in [2.75, 3.05) is 40.5 Å². The van der Waals surface area contributed by atoms with E-state index in [1.807, 2.05) is 28.0 Å². The van der Waals surface area contributed by atoms with Crippen molar-refractivity contribution in [3.63, 3.8) is 0 Å². The molecule has 2 aromatic rings. The van der Waals surface area contributed by atoms with Crippen LogP contribution >= 0.6 is 0 Å². The van der Waals surface area contributed by atoms with E-state index in [1.54, 1.807) is 31.4 Å². The second-order valence-corrected chi connectivity index (χ2v) is 17.2. The van der Waals surface area contributed by atoms with Gasteiger partial charge in [-0.3, -0.25) is 43.3 Å². The van der Waals surface area contributed by atoms with Crippen molar-refractivity contribution in [3.05, 3.63) is 70.8 Å². The zero-order valence-electron chi connectivity index (χ0n) is 38.9. The van der Waals surface area contributed by atoms with Crippen molar-refractivity contribution in [1.82, 2.24) is 14.7 Å². The Hall–Kier alpha value is -4.74. The Kier molecular flexibility index (Phi) is 22.6. The number of aliphatic hydroxyl groups is 2. The molecule has 20 nitrogen and oxygen atoms in total. The maximum Gasteiger partial charge on any atom is 1.00 e. The summed E-state index contributed by atoms with van der Waals surface area (Å²) in [5, 5.41) is 28.6. The van der Waals surface area contributed by atoms with E-state index >= 15 is 0 Å². The van der Waals surface area contributed by atoms with E-state index in [-0.39, 0.29) is 84.9 Å². The number of aliphatic carboxylic acids is 1. The molecule has 4 aliphatic heterocycles. The van der Waals surface area contributed by atoms with Crippen LogP contribution in [0.2, 0.25) is 0 Å². The van der Waals surface area contributed by atoms with Gasteiger partial charge < -0.3 is 55.4 Å². The fraction of sp³-hybridized carbons (Fsp3) is 0.556. The molecule has 10 atom stereocenters. The molecule has 2 aliphatic carbocycles. The monoisotopic (exact) mass is 945 g/mol. The first-order valence-corrected chi connectivity index (χ1v) is 21.6. The van der Waals surface area contributed by atoms with Crippen molar-refractivity contribution in [2.45, 2.75) is 95.8 Å². The predicted molar refractivity (Wildman–Crippen MR) is 235 cm³/mol. The zero-order valence-corrected chi connectivity index (χ0v) is 40.9. The number of amides is 4. The van der Waals surface area contributed by atoms with Crippen molar-refractivity contribution in [1.29, 1.82) is 0 Å². The summed E-state index contributed by atoms with van der Waals surface area (Å²) in [4.78, 5) is 91.6. The van der Waals surface area contributed by atoms with Crippen LogP contribution in [0.3, 0.4) is 0 Å². The van der Waals surface area contributed by atoms with E-state index < -0.39 is 35.8 Å². The van der Waals surface area contributed by atoms with E-state index in [0.717, 1.165) is 44.7 Å². The number of primary amides is 2.